The Bertz CT molecular complexity index is 1270. The molecule has 370 valence electrons. The predicted molar refractivity (Wildman–Crippen MR) is 241 cm³/mol. The molecule has 3 heterocycles. The van der Waals surface area contributed by atoms with Gasteiger partial charge in [-0.25, -0.2) is 9.59 Å². The van der Waals surface area contributed by atoms with Gasteiger partial charge in [-0.15, -0.1) is 0 Å². The predicted octanol–water partition coefficient (Wildman–Crippen LogP) is 4.03. The zero-order chi connectivity index (χ0) is 47.6. The number of nitrogens with zero attached hydrogens (tertiary/aromatic N) is 6. The number of amides is 2. The number of Topliss-reactive ketones (excluding diaryl/α,β-unsaturated/α-hetero) is 2. The van der Waals surface area contributed by atoms with Crippen LogP contribution >= 0.6 is 11.8 Å². The number of hydrogen-bond donors (Lipinski definition) is 6. The van der Waals surface area contributed by atoms with Gasteiger partial charge in [0.25, 0.3) is 0 Å². The summed E-state index contributed by atoms with van der Waals surface area (Å²) < 4.78 is 28.3. The monoisotopic (exact) mass is 928 g/mol. The Kier molecular flexibility index (Phi) is 38.3. The van der Waals surface area contributed by atoms with Gasteiger partial charge in [-0.1, -0.05) is 12.1 Å². The summed E-state index contributed by atoms with van der Waals surface area (Å²) >= 11 is 4.55. The minimum absolute atomic E-state index is 0. The highest BCUT2D eigenvalue weighted by atomic mass is 35.5. The first kappa shape index (κ1) is 63.8. The topological polar surface area (TPSA) is 298 Å². The molecule has 3 fully saturated rings. The van der Waals surface area contributed by atoms with Gasteiger partial charge in [-0.2, -0.15) is 5.53 Å². The molecular weight excluding hydrogens is 846 g/mol. The molecule has 0 saturated carbocycles. The molecule has 3 aliphatic rings. The number of aliphatic carboxylic acids is 1. The van der Waals surface area contributed by atoms with Crippen LogP contribution in [0.2, 0.25) is 0 Å². The molecule has 22 nitrogen and oxygen atoms in total. The highest BCUT2D eigenvalue weighted by Gasteiger charge is 2.22. The SMILES string of the molecule is C.C[C@H](N)C(=O)CCCN1CCOCC1.C[C@H](NC(=O)OC(C)(C)C)C(=O)CCCN1CCOCC1.C[C@H](NC(=O)OC(C)(C)C)C(=O)O.N=NN=NCl.NCCN1CCOCC1. The zero-order valence-corrected chi connectivity index (χ0v) is 39.4. The van der Waals surface area contributed by atoms with Crippen molar-refractivity contribution in [1.29, 1.82) is 5.53 Å². The number of carboxylic acids is 1. The van der Waals surface area contributed by atoms with Crippen molar-refractivity contribution in [3.05, 3.63) is 0 Å². The number of morpholine rings is 3. The number of halogens is 1. The van der Waals surface area contributed by atoms with Crippen molar-refractivity contribution in [2.24, 2.45) is 26.5 Å². The third-order valence-electron chi connectivity index (χ3n) is 8.46. The molecule has 63 heavy (non-hydrogen) atoms. The molecule has 0 aromatic rings. The minimum Gasteiger partial charge on any atom is -0.480 e. The molecule has 0 radical (unpaired) electrons. The number of nitrogens with one attached hydrogen (secondary N) is 3. The van der Waals surface area contributed by atoms with E-state index < -0.39 is 41.4 Å². The van der Waals surface area contributed by atoms with Crippen molar-refractivity contribution >= 4 is 41.5 Å². The van der Waals surface area contributed by atoms with E-state index in [4.69, 9.17) is 45.8 Å². The molecule has 3 saturated heterocycles. The number of carbonyl (C=O) groups excluding carboxylic acids is 4. The average Bonchev–Trinajstić information content (AvgIpc) is 3.19. The normalized spacial score (nSPS) is 17.3. The Morgan fingerprint density at radius 1 is 0.698 bits per heavy atom. The van der Waals surface area contributed by atoms with E-state index in [-0.39, 0.29) is 25.0 Å². The average molecular weight is 929 g/mol. The van der Waals surface area contributed by atoms with Crippen LogP contribution < -0.4 is 22.1 Å². The van der Waals surface area contributed by atoms with Gasteiger partial charge in [0, 0.05) is 65.2 Å². The van der Waals surface area contributed by atoms with Gasteiger partial charge < -0.3 is 50.9 Å². The van der Waals surface area contributed by atoms with Crippen LogP contribution in [0.5, 0.6) is 0 Å². The fraction of sp³-hybridized carbons (Fsp3) is 0.875. The third kappa shape index (κ3) is 41.0. The zero-order valence-electron chi connectivity index (χ0n) is 38.6. The lowest BCUT2D eigenvalue weighted by molar-refractivity contribution is -0.139. The number of nitrogens with two attached hydrogens (primary N) is 2. The Morgan fingerprint density at radius 3 is 1.33 bits per heavy atom. The summed E-state index contributed by atoms with van der Waals surface area (Å²) in [5.41, 5.74) is 15.6. The molecule has 0 bridgehead atoms. The van der Waals surface area contributed by atoms with Crippen molar-refractivity contribution < 1.29 is 52.8 Å². The van der Waals surface area contributed by atoms with Gasteiger partial charge in [0.2, 0.25) is 0 Å². The summed E-state index contributed by atoms with van der Waals surface area (Å²) in [5, 5.41) is 18.3. The highest BCUT2D eigenvalue weighted by molar-refractivity contribution is 6.13. The first-order chi connectivity index (χ1) is 29.0. The number of rotatable bonds is 16. The van der Waals surface area contributed by atoms with Crippen LogP contribution in [0.3, 0.4) is 0 Å². The van der Waals surface area contributed by atoms with E-state index in [9.17, 15) is 24.0 Å². The van der Waals surface area contributed by atoms with Crippen LogP contribution in [0.15, 0.2) is 15.1 Å². The molecule has 2 amide bonds. The quantitative estimate of drug-likeness (QED) is 0.0940. The number of alkyl carbamates (subject to hydrolysis) is 2. The van der Waals surface area contributed by atoms with Crippen molar-refractivity contribution in [3.8, 4) is 0 Å². The summed E-state index contributed by atoms with van der Waals surface area (Å²) in [6.45, 7) is 29.9. The van der Waals surface area contributed by atoms with Crippen LogP contribution in [0.1, 0.15) is 95.4 Å². The van der Waals surface area contributed by atoms with E-state index >= 15 is 0 Å². The molecule has 0 spiro atoms. The maximum atomic E-state index is 12.0. The van der Waals surface area contributed by atoms with Crippen LogP contribution in [0.4, 0.5) is 9.59 Å². The molecule has 0 aromatic carbocycles. The van der Waals surface area contributed by atoms with Crippen LogP contribution in [0, 0.1) is 5.53 Å². The smallest absolute Gasteiger partial charge is 0.408 e. The van der Waals surface area contributed by atoms with E-state index in [0.717, 1.165) is 118 Å². The molecule has 23 heteroatoms. The lowest BCUT2D eigenvalue weighted by atomic mass is 10.1. The minimum atomic E-state index is -1.09. The lowest BCUT2D eigenvalue weighted by Crippen LogP contribution is -2.42. The molecule has 8 N–H and O–H groups in total. The molecule has 3 atom stereocenters. The number of ether oxygens (including phenoxy) is 5. The standard InChI is InChI=1S/C15H28N2O4.C10H20N2O2.C8H15NO4.C6H14N2O.CH4.ClHN4/c1-12(16-14(19)21-15(2,3)4)13(18)6-5-7-17-8-10-20-11-9-17;1-9(11)10(13)3-2-4-12-5-7-14-8-6-12;1-5(6(10)11)9-7(12)13-8(2,3)4;7-1-2-8-3-5-9-6-4-8;;1-3-5-4-2/h12H,5-11H2,1-4H3,(H,16,19);9H,2-8,11H2,1H3;5H,1-4H3,(H,9,12)(H,10,11);1-7H2;1H4;2H/t12-;9-;5-;;;/m000.../s1. The van der Waals surface area contributed by atoms with Gasteiger partial charge in [0.15, 0.2) is 5.78 Å². The molecule has 3 rings (SSSR count). The second-order valence-electron chi connectivity index (χ2n) is 16.4. The first-order valence-corrected chi connectivity index (χ1v) is 21.4. The number of carbonyl (C=O) groups is 5. The lowest BCUT2D eigenvalue weighted by Gasteiger charge is -2.26. The number of carboxylic acid groups (broad SMARTS) is 1. The summed E-state index contributed by atoms with van der Waals surface area (Å²) in [7, 11) is 0. The summed E-state index contributed by atoms with van der Waals surface area (Å²) in [6.07, 6.45) is 1.53. The molecular formula is C40H82ClN11O11. The highest BCUT2D eigenvalue weighted by Crippen LogP contribution is 2.09. The first-order valence-electron chi connectivity index (χ1n) is 21.1. The molecule has 0 aromatic heterocycles. The summed E-state index contributed by atoms with van der Waals surface area (Å²) in [5.74, 6) is -0.891. The van der Waals surface area contributed by atoms with Crippen LogP contribution in [-0.2, 0) is 38.1 Å². The van der Waals surface area contributed by atoms with Crippen molar-refractivity contribution in [3.63, 3.8) is 0 Å². The Hall–Kier alpha value is -3.48. The van der Waals surface area contributed by atoms with E-state index in [1.54, 1.807) is 55.4 Å². The number of ketones is 2. The van der Waals surface area contributed by atoms with E-state index in [2.05, 4.69) is 52.2 Å². The van der Waals surface area contributed by atoms with E-state index in [0.29, 0.717) is 12.8 Å². The van der Waals surface area contributed by atoms with Gasteiger partial charge in [0.05, 0.1) is 63.5 Å². The Morgan fingerprint density at radius 2 is 1.05 bits per heavy atom. The van der Waals surface area contributed by atoms with Gasteiger partial charge in [-0.05, 0) is 98.7 Å². The maximum Gasteiger partial charge on any atom is 0.408 e. The molecule has 0 aliphatic carbocycles. The second kappa shape index (κ2) is 37.9. The third-order valence-corrected chi connectivity index (χ3v) is 8.53. The van der Waals surface area contributed by atoms with Crippen molar-refractivity contribution in [2.45, 2.75) is 125 Å². The van der Waals surface area contributed by atoms with E-state index in [1.165, 1.54) is 6.92 Å². The maximum absolute atomic E-state index is 12.0. The molecule has 0 unspecified atom stereocenters. The Balaban J connectivity index is -0.000000757. The largest absolute Gasteiger partial charge is 0.480 e. The van der Waals surface area contributed by atoms with E-state index in [1.807, 2.05) is 0 Å². The van der Waals surface area contributed by atoms with Gasteiger partial charge >= 0.3 is 18.2 Å². The molecule has 3 aliphatic heterocycles. The van der Waals surface area contributed by atoms with Crippen LogP contribution in [0.25, 0.3) is 0 Å². The fourth-order valence-corrected chi connectivity index (χ4v) is 5.22. The summed E-state index contributed by atoms with van der Waals surface area (Å²) in [6, 6.07) is -1.75. The summed E-state index contributed by atoms with van der Waals surface area (Å²) in [4.78, 5) is 63.0. The fourth-order valence-electron chi connectivity index (χ4n) is 5.18. The van der Waals surface area contributed by atoms with Gasteiger partial charge in [0.1, 0.15) is 23.0 Å². The Labute approximate surface area is 380 Å². The van der Waals surface area contributed by atoms with Gasteiger partial charge in [-0.3, -0.25) is 29.1 Å². The van der Waals surface area contributed by atoms with Crippen molar-refractivity contribution in [1.82, 2.24) is 25.3 Å². The second-order valence-corrected chi connectivity index (χ2v) is 16.6. The number of hydrogen-bond acceptors (Lipinski definition) is 17. The van der Waals surface area contributed by atoms with Crippen molar-refractivity contribution in [2.75, 3.05) is 105 Å². The van der Waals surface area contributed by atoms with Crippen LogP contribution in [-0.4, -0.2) is 184 Å².